The summed E-state index contributed by atoms with van der Waals surface area (Å²) in [5.74, 6) is -0.000602. The van der Waals surface area contributed by atoms with Crippen LogP contribution in [0.5, 0.6) is 0 Å². The standard InChI is InChI=1S/C9H13NOS/c1-5-6(2)9(10-8(4)11)12-7(5)3/h1-4H3,(H,10,11). The molecular formula is C9H13NOS. The molecule has 0 unspecified atom stereocenters. The Hall–Kier alpha value is -0.830. The Morgan fingerprint density at radius 1 is 1.25 bits per heavy atom. The summed E-state index contributed by atoms with van der Waals surface area (Å²) in [5.41, 5.74) is 2.47. The maximum atomic E-state index is 10.8. The van der Waals surface area contributed by atoms with E-state index in [1.807, 2.05) is 6.92 Å². The highest BCUT2D eigenvalue weighted by molar-refractivity contribution is 7.16. The van der Waals surface area contributed by atoms with Crippen LogP contribution in [0.3, 0.4) is 0 Å². The topological polar surface area (TPSA) is 29.1 Å². The molecule has 0 radical (unpaired) electrons. The Labute approximate surface area is 76.6 Å². The first kappa shape index (κ1) is 9.26. The first-order valence-electron chi connectivity index (χ1n) is 3.86. The van der Waals surface area contributed by atoms with Crippen LogP contribution in [-0.2, 0) is 4.79 Å². The lowest BCUT2D eigenvalue weighted by molar-refractivity contribution is -0.114. The number of amides is 1. The van der Waals surface area contributed by atoms with Gasteiger partial charge in [-0.2, -0.15) is 0 Å². The van der Waals surface area contributed by atoms with Crippen LogP contribution < -0.4 is 5.32 Å². The van der Waals surface area contributed by atoms with Crippen molar-refractivity contribution in [2.24, 2.45) is 0 Å². The summed E-state index contributed by atoms with van der Waals surface area (Å²) in [5, 5.41) is 3.80. The van der Waals surface area contributed by atoms with Gasteiger partial charge in [-0.15, -0.1) is 11.3 Å². The SMILES string of the molecule is CC(=O)Nc1sc(C)c(C)c1C. The number of hydrogen-bond donors (Lipinski definition) is 1. The summed E-state index contributed by atoms with van der Waals surface area (Å²) in [7, 11) is 0. The second-order valence-electron chi connectivity index (χ2n) is 2.92. The monoisotopic (exact) mass is 183 g/mol. The quantitative estimate of drug-likeness (QED) is 0.712. The zero-order valence-corrected chi connectivity index (χ0v) is 8.63. The zero-order valence-electron chi connectivity index (χ0n) is 7.82. The van der Waals surface area contributed by atoms with Crippen LogP contribution in [0.1, 0.15) is 22.9 Å². The van der Waals surface area contributed by atoms with Crippen molar-refractivity contribution in [1.82, 2.24) is 0 Å². The van der Waals surface area contributed by atoms with Gasteiger partial charge in [0.15, 0.2) is 0 Å². The largest absolute Gasteiger partial charge is 0.318 e. The molecule has 2 nitrogen and oxygen atoms in total. The summed E-state index contributed by atoms with van der Waals surface area (Å²) < 4.78 is 0. The molecule has 66 valence electrons. The van der Waals surface area contributed by atoms with E-state index in [1.54, 1.807) is 11.3 Å². The van der Waals surface area contributed by atoms with E-state index in [0.717, 1.165) is 5.00 Å². The van der Waals surface area contributed by atoms with Gasteiger partial charge >= 0.3 is 0 Å². The van der Waals surface area contributed by atoms with Crippen molar-refractivity contribution in [3.05, 3.63) is 16.0 Å². The highest BCUT2D eigenvalue weighted by atomic mass is 32.1. The van der Waals surface area contributed by atoms with Crippen LogP contribution in [-0.4, -0.2) is 5.91 Å². The third-order valence-corrected chi connectivity index (χ3v) is 3.20. The Morgan fingerprint density at radius 3 is 2.17 bits per heavy atom. The lowest BCUT2D eigenvalue weighted by Gasteiger charge is -1.98. The minimum Gasteiger partial charge on any atom is -0.318 e. The molecule has 1 N–H and O–H groups in total. The summed E-state index contributed by atoms with van der Waals surface area (Å²) in [6, 6.07) is 0. The van der Waals surface area contributed by atoms with Gasteiger partial charge in [0.1, 0.15) is 0 Å². The van der Waals surface area contributed by atoms with E-state index >= 15 is 0 Å². The van der Waals surface area contributed by atoms with Gasteiger partial charge in [0.2, 0.25) is 5.91 Å². The highest BCUT2D eigenvalue weighted by Gasteiger charge is 2.08. The van der Waals surface area contributed by atoms with Gasteiger partial charge in [-0.3, -0.25) is 4.79 Å². The minimum absolute atomic E-state index is 0.000602. The average molecular weight is 183 g/mol. The number of rotatable bonds is 1. The molecule has 0 saturated carbocycles. The van der Waals surface area contributed by atoms with Gasteiger partial charge < -0.3 is 5.32 Å². The van der Waals surface area contributed by atoms with Gasteiger partial charge in [0.25, 0.3) is 0 Å². The molecule has 0 fully saturated rings. The summed E-state index contributed by atoms with van der Waals surface area (Å²) in [4.78, 5) is 12.1. The Bertz CT molecular complexity index is 315. The molecule has 0 aliphatic heterocycles. The summed E-state index contributed by atoms with van der Waals surface area (Å²) in [6.45, 7) is 7.71. The van der Waals surface area contributed by atoms with Crippen molar-refractivity contribution in [1.29, 1.82) is 0 Å². The van der Waals surface area contributed by atoms with Gasteiger partial charge in [0.05, 0.1) is 5.00 Å². The zero-order chi connectivity index (χ0) is 9.30. The second kappa shape index (κ2) is 3.27. The number of aryl methyl sites for hydroxylation is 1. The second-order valence-corrected chi connectivity index (χ2v) is 4.14. The number of carbonyl (C=O) groups excluding carboxylic acids is 1. The summed E-state index contributed by atoms with van der Waals surface area (Å²) in [6.07, 6.45) is 0. The average Bonchev–Trinajstić information content (AvgIpc) is 2.17. The molecular weight excluding hydrogens is 170 g/mol. The lowest BCUT2D eigenvalue weighted by Crippen LogP contribution is -2.04. The van der Waals surface area contributed by atoms with Crippen LogP contribution in [0.15, 0.2) is 0 Å². The molecule has 0 aliphatic carbocycles. The van der Waals surface area contributed by atoms with Crippen LogP contribution in [0, 0.1) is 20.8 Å². The maximum Gasteiger partial charge on any atom is 0.221 e. The van der Waals surface area contributed by atoms with E-state index in [2.05, 4.69) is 19.2 Å². The third-order valence-electron chi connectivity index (χ3n) is 1.98. The molecule has 0 aliphatic rings. The van der Waals surface area contributed by atoms with Crippen molar-refractivity contribution in [3.8, 4) is 0 Å². The van der Waals surface area contributed by atoms with Gasteiger partial charge in [-0.05, 0) is 31.9 Å². The van der Waals surface area contributed by atoms with Crippen LogP contribution in [0.2, 0.25) is 0 Å². The Morgan fingerprint density at radius 2 is 1.83 bits per heavy atom. The van der Waals surface area contributed by atoms with E-state index in [9.17, 15) is 4.79 Å². The molecule has 3 heteroatoms. The first-order chi connectivity index (χ1) is 5.52. The molecule has 0 aromatic carbocycles. The number of hydrogen-bond acceptors (Lipinski definition) is 2. The van der Waals surface area contributed by atoms with Crippen LogP contribution >= 0.6 is 11.3 Å². The van der Waals surface area contributed by atoms with Gasteiger partial charge in [0, 0.05) is 11.8 Å². The van der Waals surface area contributed by atoms with Crippen molar-refractivity contribution in [2.45, 2.75) is 27.7 Å². The number of carbonyl (C=O) groups is 1. The molecule has 12 heavy (non-hydrogen) atoms. The van der Waals surface area contributed by atoms with Crippen molar-refractivity contribution >= 4 is 22.2 Å². The number of thiophene rings is 1. The predicted octanol–water partition coefficient (Wildman–Crippen LogP) is 2.63. The van der Waals surface area contributed by atoms with E-state index in [1.165, 1.54) is 22.9 Å². The molecule has 1 rings (SSSR count). The van der Waals surface area contributed by atoms with Crippen molar-refractivity contribution in [3.63, 3.8) is 0 Å². The fourth-order valence-electron chi connectivity index (χ4n) is 1.02. The molecule has 1 aromatic heterocycles. The minimum atomic E-state index is -0.000602. The molecule has 1 heterocycles. The van der Waals surface area contributed by atoms with Crippen molar-refractivity contribution in [2.75, 3.05) is 5.32 Å². The number of nitrogens with one attached hydrogen (secondary N) is 1. The van der Waals surface area contributed by atoms with Gasteiger partial charge in [-0.25, -0.2) is 0 Å². The number of anilines is 1. The molecule has 0 atom stereocenters. The van der Waals surface area contributed by atoms with E-state index < -0.39 is 0 Å². The van der Waals surface area contributed by atoms with Crippen LogP contribution in [0.4, 0.5) is 5.00 Å². The molecule has 1 aromatic rings. The maximum absolute atomic E-state index is 10.8. The molecule has 1 amide bonds. The fraction of sp³-hybridized carbons (Fsp3) is 0.444. The van der Waals surface area contributed by atoms with Gasteiger partial charge in [-0.1, -0.05) is 0 Å². The fourth-order valence-corrected chi connectivity index (χ4v) is 2.13. The predicted molar refractivity (Wildman–Crippen MR) is 52.8 cm³/mol. The molecule has 0 bridgehead atoms. The highest BCUT2D eigenvalue weighted by Crippen LogP contribution is 2.31. The van der Waals surface area contributed by atoms with E-state index in [4.69, 9.17) is 0 Å². The lowest BCUT2D eigenvalue weighted by atomic mass is 10.2. The summed E-state index contributed by atoms with van der Waals surface area (Å²) >= 11 is 1.64. The normalized spacial score (nSPS) is 10.0. The Kier molecular flexibility index (Phi) is 2.52. The third kappa shape index (κ3) is 1.67. The first-order valence-corrected chi connectivity index (χ1v) is 4.68. The smallest absolute Gasteiger partial charge is 0.221 e. The molecule has 0 saturated heterocycles. The van der Waals surface area contributed by atoms with E-state index in [-0.39, 0.29) is 5.91 Å². The van der Waals surface area contributed by atoms with Crippen molar-refractivity contribution < 1.29 is 4.79 Å². The van der Waals surface area contributed by atoms with Crippen LogP contribution in [0.25, 0.3) is 0 Å². The van der Waals surface area contributed by atoms with E-state index in [0.29, 0.717) is 0 Å². The molecule has 0 spiro atoms. The Balaban J connectivity index is 3.01.